The van der Waals surface area contributed by atoms with Gasteiger partial charge in [-0.3, -0.25) is 4.79 Å². The molecule has 0 fully saturated rings. The van der Waals surface area contributed by atoms with E-state index >= 15 is 0 Å². The minimum absolute atomic E-state index is 0.157. The van der Waals surface area contributed by atoms with Crippen molar-refractivity contribution in [3.8, 4) is 0 Å². The van der Waals surface area contributed by atoms with Gasteiger partial charge in [0.15, 0.2) is 0 Å². The van der Waals surface area contributed by atoms with Crippen LogP contribution >= 0.6 is 0 Å². The van der Waals surface area contributed by atoms with Gasteiger partial charge in [-0.05, 0) is 55.3 Å². The predicted molar refractivity (Wildman–Crippen MR) is 107 cm³/mol. The minimum atomic E-state index is -0.157. The molecule has 0 radical (unpaired) electrons. The summed E-state index contributed by atoms with van der Waals surface area (Å²) in [5, 5.41) is 11.4. The number of nitrogens with zero attached hydrogens (tertiary/aromatic N) is 3. The summed E-state index contributed by atoms with van der Waals surface area (Å²) >= 11 is 0. The molecule has 4 rings (SSSR count). The van der Waals surface area contributed by atoms with Gasteiger partial charge in [0, 0.05) is 11.3 Å². The molecule has 0 atom stereocenters. The normalized spacial score (nSPS) is 10.9. The Kier molecular flexibility index (Phi) is 4.42. The summed E-state index contributed by atoms with van der Waals surface area (Å²) < 4.78 is 1.85. The minimum Gasteiger partial charge on any atom is -0.322 e. The molecule has 0 aliphatic rings. The largest absolute Gasteiger partial charge is 0.322 e. The number of hydrogen-bond acceptors (Lipinski definition) is 3. The van der Waals surface area contributed by atoms with Crippen LogP contribution < -0.4 is 5.32 Å². The number of anilines is 1. The fraction of sp³-hybridized carbons (Fsp3) is 0.136. The molecule has 27 heavy (non-hydrogen) atoms. The van der Waals surface area contributed by atoms with E-state index in [9.17, 15) is 4.79 Å². The van der Waals surface area contributed by atoms with E-state index < -0.39 is 0 Å². The van der Waals surface area contributed by atoms with Crippen molar-refractivity contribution < 1.29 is 4.79 Å². The van der Waals surface area contributed by atoms with Crippen LogP contribution in [0, 0.1) is 13.8 Å². The maximum absolute atomic E-state index is 12.5. The van der Waals surface area contributed by atoms with E-state index in [0.29, 0.717) is 17.6 Å². The highest BCUT2D eigenvalue weighted by molar-refractivity contribution is 6.05. The quantitative estimate of drug-likeness (QED) is 0.591. The molecule has 1 N–H and O–H groups in total. The Balaban J connectivity index is 1.56. The highest BCUT2D eigenvalue weighted by atomic mass is 16.1. The highest BCUT2D eigenvalue weighted by Crippen LogP contribution is 2.17. The second kappa shape index (κ2) is 7.03. The Labute approximate surface area is 157 Å². The van der Waals surface area contributed by atoms with Crippen molar-refractivity contribution in [2.24, 2.45) is 0 Å². The van der Waals surface area contributed by atoms with Crippen molar-refractivity contribution in [3.05, 3.63) is 89.0 Å². The first-order valence-corrected chi connectivity index (χ1v) is 8.85. The first kappa shape index (κ1) is 17.0. The number of aryl methyl sites for hydroxylation is 2. The SMILES string of the molecule is Cc1ccc(Cn2nnc3cc(C(=O)Nc4cccc(C)c4)ccc32)cc1. The van der Waals surface area contributed by atoms with Gasteiger partial charge in [-0.1, -0.05) is 47.2 Å². The number of fused-ring (bicyclic) bond motifs is 1. The van der Waals surface area contributed by atoms with Gasteiger partial charge < -0.3 is 5.32 Å². The maximum Gasteiger partial charge on any atom is 0.255 e. The summed E-state index contributed by atoms with van der Waals surface area (Å²) in [6.45, 7) is 4.71. The molecule has 1 aromatic heterocycles. The van der Waals surface area contributed by atoms with E-state index in [1.807, 2.05) is 48.0 Å². The van der Waals surface area contributed by atoms with Crippen molar-refractivity contribution >= 4 is 22.6 Å². The molecule has 3 aromatic carbocycles. The van der Waals surface area contributed by atoms with Gasteiger partial charge in [0.25, 0.3) is 5.91 Å². The number of rotatable bonds is 4. The lowest BCUT2D eigenvalue weighted by molar-refractivity contribution is 0.102. The number of nitrogens with one attached hydrogen (secondary N) is 1. The topological polar surface area (TPSA) is 59.8 Å². The monoisotopic (exact) mass is 356 g/mol. The standard InChI is InChI=1S/C22H20N4O/c1-15-6-8-17(9-7-15)14-26-21-11-10-18(13-20(21)24-25-26)22(27)23-19-5-3-4-16(2)12-19/h3-13H,14H2,1-2H3,(H,23,27). The van der Waals surface area contributed by atoms with Crippen molar-refractivity contribution in [1.29, 1.82) is 0 Å². The number of aromatic nitrogens is 3. The van der Waals surface area contributed by atoms with Crippen LogP contribution in [0.15, 0.2) is 66.7 Å². The molecular weight excluding hydrogens is 336 g/mol. The molecule has 1 heterocycles. The van der Waals surface area contributed by atoms with Crippen LogP contribution in [0.5, 0.6) is 0 Å². The average Bonchev–Trinajstić information content (AvgIpc) is 3.06. The molecule has 134 valence electrons. The van der Waals surface area contributed by atoms with Crippen LogP contribution in [-0.2, 0) is 6.54 Å². The summed E-state index contributed by atoms with van der Waals surface area (Å²) in [5.74, 6) is -0.157. The highest BCUT2D eigenvalue weighted by Gasteiger charge is 2.11. The van der Waals surface area contributed by atoms with Gasteiger partial charge in [-0.15, -0.1) is 5.10 Å². The second-order valence-corrected chi connectivity index (χ2v) is 6.76. The lowest BCUT2D eigenvalue weighted by Gasteiger charge is -2.07. The Morgan fingerprint density at radius 1 is 0.963 bits per heavy atom. The third-order valence-corrected chi connectivity index (χ3v) is 4.50. The van der Waals surface area contributed by atoms with Crippen molar-refractivity contribution in [3.63, 3.8) is 0 Å². The van der Waals surface area contributed by atoms with Crippen molar-refractivity contribution in [2.45, 2.75) is 20.4 Å². The predicted octanol–water partition coefficient (Wildman–Crippen LogP) is 4.35. The number of carbonyl (C=O) groups excluding carboxylic acids is 1. The van der Waals surface area contributed by atoms with E-state index in [4.69, 9.17) is 0 Å². The molecule has 0 spiro atoms. The Hall–Kier alpha value is -3.47. The van der Waals surface area contributed by atoms with Crippen molar-refractivity contribution in [1.82, 2.24) is 15.0 Å². The smallest absolute Gasteiger partial charge is 0.255 e. The zero-order chi connectivity index (χ0) is 18.8. The van der Waals surface area contributed by atoms with E-state index in [1.165, 1.54) is 5.56 Å². The van der Waals surface area contributed by atoms with Crippen LogP contribution in [-0.4, -0.2) is 20.9 Å². The molecule has 4 aromatic rings. The lowest BCUT2D eigenvalue weighted by atomic mass is 10.1. The van der Waals surface area contributed by atoms with Gasteiger partial charge in [-0.2, -0.15) is 0 Å². The number of hydrogen-bond donors (Lipinski definition) is 1. The van der Waals surface area contributed by atoms with Crippen LogP contribution in [0.4, 0.5) is 5.69 Å². The van der Waals surface area contributed by atoms with Crippen molar-refractivity contribution in [2.75, 3.05) is 5.32 Å². The molecule has 1 amide bonds. The molecule has 5 nitrogen and oxygen atoms in total. The number of benzene rings is 3. The summed E-state index contributed by atoms with van der Waals surface area (Å²) in [5.41, 5.74) is 6.44. The molecule has 0 unspecified atom stereocenters. The molecule has 0 aliphatic heterocycles. The van der Waals surface area contributed by atoms with Crippen LogP contribution in [0.2, 0.25) is 0 Å². The summed E-state index contributed by atoms with van der Waals surface area (Å²) in [4.78, 5) is 12.5. The van der Waals surface area contributed by atoms with E-state index in [1.54, 1.807) is 6.07 Å². The van der Waals surface area contributed by atoms with Gasteiger partial charge in [0.1, 0.15) is 5.52 Å². The summed E-state index contributed by atoms with van der Waals surface area (Å²) in [6, 6.07) is 21.6. The fourth-order valence-electron chi connectivity index (χ4n) is 3.02. The molecule has 5 heteroatoms. The van der Waals surface area contributed by atoms with Gasteiger partial charge in [0.05, 0.1) is 12.1 Å². The Morgan fingerprint density at radius 2 is 1.78 bits per heavy atom. The Bertz CT molecular complexity index is 1110. The zero-order valence-electron chi connectivity index (χ0n) is 15.3. The third kappa shape index (κ3) is 3.72. The van der Waals surface area contributed by atoms with Gasteiger partial charge in [-0.25, -0.2) is 4.68 Å². The maximum atomic E-state index is 12.5. The third-order valence-electron chi connectivity index (χ3n) is 4.50. The van der Waals surface area contributed by atoms with Crippen LogP contribution in [0.3, 0.4) is 0 Å². The van der Waals surface area contributed by atoms with E-state index in [0.717, 1.165) is 22.3 Å². The molecular formula is C22H20N4O. The molecule has 0 aliphatic carbocycles. The molecule has 0 saturated heterocycles. The van der Waals surface area contributed by atoms with Gasteiger partial charge >= 0.3 is 0 Å². The lowest BCUT2D eigenvalue weighted by Crippen LogP contribution is -2.11. The van der Waals surface area contributed by atoms with Crippen LogP contribution in [0.25, 0.3) is 11.0 Å². The van der Waals surface area contributed by atoms with Gasteiger partial charge in [0.2, 0.25) is 0 Å². The first-order valence-electron chi connectivity index (χ1n) is 8.85. The fourth-order valence-corrected chi connectivity index (χ4v) is 3.02. The van der Waals surface area contributed by atoms with Crippen LogP contribution in [0.1, 0.15) is 27.0 Å². The summed E-state index contributed by atoms with van der Waals surface area (Å²) in [6.07, 6.45) is 0. The Morgan fingerprint density at radius 3 is 2.56 bits per heavy atom. The number of carbonyl (C=O) groups is 1. The molecule has 0 saturated carbocycles. The zero-order valence-corrected chi connectivity index (χ0v) is 15.3. The molecule has 0 bridgehead atoms. The van der Waals surface area contributed by atoms with E-state index in [-0.39, 0.29) is 5.91 Å². The van der Waals surface area contributed by atoms with E-state index in [2.05, 4.69) is 46.8 Å². The average molecular weight is 356 g/mol. The number of amides is 1. The second-order valence-electron chi connectivity index (χ2n) is 6.76. The summed E-state index contributed by atoms with van der Waals surface area (Å²) in [7, 11) is 0. The first-order chi connectivity index (χ1) is 13.1.